The monoisotopic (exact) mass is 231 g/mol. The van der Waals surface area contributed by atoms with Crippen molar-refractivity contribution in [3.63, 3.8) is 0 Å². The summed E-state index contributed by atoms with van der Waals surface area (Å²) < 4.78 is 25.8. The van der Waals surface area contributed by atoms with E-state index >= 15 is 0 Å². The third kappa shape index (κ3) is 2.93. The molecule has 0 aliphatic carbocycles. The van der Waals surface area contributed by atoms with Crippen LogP contribution in [0.4, 0.5) is 14.5 Å². The first-order valence-electron chi connectivity index (χ1n) is 4.62. The maximum absolute atomic E-state index is 12.9. The van der Waals surface area contributed by atoms with Crippen molar-refractivity contribution >= 4 is 18.1 Å². The Morgan fingerprint density at radius 3 is 2.20 bits per heavy atom. The molecular weight excluding hydrogens is 220 g/mol. The zero-order chi connectivity index (χ0) is 9.97. The molecule has 1 aromatic carbocycles. The lowest BCUT2D eigenvalue weighted by Gasteiger charge is -2.25. The van der Waals surface area contributed by atoms with Crippen molar-refractivity contribution in [1.29, 1.82) is 0 Å². The van der Waals surface area contributed by atoms with E-state index in [4.69, 9.17) is 0 Å². The highest BCUT2D eigenvalue weighted by Gasteiger charge is 2.09. The number of hydrogen-bond acceptors (Lipinski definition) is 1. The lowest BCUT2D eigenvalue weighted by Crippen LogP contribution is -2.26. The zero-order valence-electron chi connectivity index (χ0n) is 8.12. The Morgan fingerprint density at radius 2 is 1.67 bits per heavy atom. The highest BCUT2D eigenvalue weighted by Crippen LogP contribution is 2.19. The quantitative estimate of drug-likeness (QED) is 0.671. The molecule has 0 aromatic heterocycles. The molecular formula is C11H12ClF2N. The molecule has 0 fully saturated rings. The van der Waals surface area contributed by atoms with E-state index in [-0.39, 0.29) is 12.4 Å². The molecule has 0 saturated heterocycles. The van der Waals surface area contributed by atoms with Crippen LogP contribution in [0.1, 0.15) is 6.42 Å². The number of hydrogen-bond donors (Lipinski definition) is 0. The van der Waals surface area contributed by atoms with Gasteiger partial charge in [-0.05, 0) is 18.6 Å². The second kappa shape index (κ2) is 5.12. The van der Waals surface area contributed by atoms with E-state index in [9.17, 15) is 8.78 Å². The van der Waals surface area contributed by atoms with Crippen LogP contribution in [0.3, 0.4) is 0 Å². The predicted molar refractivity (Wildman–Crippen MR) is 59.6 cm³/mol. The lowest BCUT2D eigenvalue weighted by atomic mass is 10.2. The van der Waals surface area contributed by atoms with Gasteiger partial charge in [-0.2, -0.15) is 0 Å². The molecule has 1 aromatic rings. The average molecular weight is 232 g/mol. The molecule has 0 amide bonds. The normalized spacial score (nSPS) is 14.9. The topological polar surface area (TPSA) is 3.24 Å². The molecule has 0 N–H and O–H groups in total. The summed E-state index contributed by atoms with van der Waals surface area (Å²) >= 11 is 0. The van der Waals surface area contributed by atoms with Crippen LogP contribution in [-0.2, 0) is 0 Å². The first kappa shape index (κ1) is 12.0. The Labute approximate surface area is 93.8 Å². The van der Waals surface area contributed by atoms with Crippen molar-refractivity contribution in [3.8, 4) is 0 Å². The van der Waals surface area contributed by atoms with Crippen LogP contribution >= 0.6 is 12.4 Å². The van der Waals surface area contributed by atoms with Crippen LogP contribution in [0.15, 0.2) is 30.4 Å². The van der Waals surface area contributed by atoms with Gasteiger partial charge >= 0.3 is 0 Å². The van der Waals surface area contributed by atoms with Crippen molar-refractivity contribution < 1.29 is 8.78 Å². The van der Waals surface area contributed by atoms with Crippen molar-refractivity contribution in [2.75, 3.05) is 18.0 Å². The van der Waals surface area contributed by atoms with E-state index < -0.39 is 11.6 Å². The van der Waals surface area contributed by atoms with E-state index in [0.717, 1.165) is 25.6 Å². The van der Waals surface area contributed by atoms with E-state index in [0.29, 0.717) is 5.69 Å². The van der Waals surface area contributed by atoms with Gasteiger partial charge in [-0.1, -0.05) is 12.2 Å². The summed E-state index contributed by atoms with van der Waals surface area (Å²) in [5, 5.41) is 0. The van der Waals surface area contributed by atoms with Gasteiger partial charge in [-0.15, -0.1) is 12.4 Å². The highest BCUT2D eigenvalue weighted by molar-refractivity contribution is 5.85. The zero-order valence-corrected chi connectivity index (χ0v) is 8.94. The van der Waals surface area contributed by atoms with Gasteiger partial charge in [0, 0.05) is 24.8 Å². The minimum atomic E-state index is -0.519. The van der Waals surface area contributed by atoms with Gasteiger partial charge in [0.15, 0.2) is 0 Å². The minimum absolute atomic E-state index is 0. The van der Waals surface area contributed by atoms with Gasteiger partial charge in [0.1, 0.15) is 11.6 Å². The smallest absolute Gasteiger partial charge is 0.128 e. The van der Waals surface area contributed by atoms with Gasteiger partial charge < -0.3 is 4.90 Å². The molecule has 15 heavy (non-hydrogen) atoms. The van der Waals surface area contributed by atoms with E-state index in [2.05, 4.69) is 6.08 Å². The highest BCUT2D eigenvalue weighted by atomic mass is 35.5. The summed E-state index contributed by atoms with van der Waals surface area (Å²) in [6.07, 6.45) is 5.01. The molecule has 0 saturated carbocycles. The summed E-state index contributed by atoms with van der Waals surface area (Å²) in [6, 6.07) is 3.62. The van der Waals surface area contributed by atoms with Crippen LogP contribution in [0.2, 0.25) is 0 Å². The van der Waals surface area contributed by atoms with E-state index in [1.807, 2.05) is 11.0 Å². The molecule has 1 heterocycles. The summed E-state index contributed by atoms with van der Waals surface area (Å²) in [5.74, 6) is -1.04. The van der Waals surface area contributed by atoms with Crippen molar-refractivity contribution in [2.24, 2.45) is 0 Å². The Hall–Kier alpha value is -1.09. The van der Waals surface area contributed by atoms with Gasteiger partial charge in [0.25, 0.3) is 0 Å². The first-order valence-corrected chi connectivity index (χ1v) is 4.62. The fourth-order valence-electron chi connectivity index (χ4n) is 1.60. The van der Waals surface area contributed by atoms with Crippen molar-refractivity contribution in [2.45, 2.75) is 6.42 Å². The molecule has 0 spiro atoms. The molecule has 4 heteroatoms. The third-order valence-electron chi connectivity index (χ3n) is 2.27. The van der Waals surface area contributed by atoms with Crippen molar-refractivity contribution in [1.82, 2.24) is 0 Å². The Balaban J connectivity index is 0.00000112. The number of benzene rings is 1. The summed E-state index contributed by atoms with van der Waals surface area (Å²) in [6.45, 7) is 1.54. The standard InChI is InChI=1S/C11H11F2N.ClH/c12-9-6-10(13)8-11(7-9)14-4-2-1-3-5-14;/h1-2,6-8H,3-5H2;1H. The molecule has 0 atom stereocenters. The number of anilines is 1. The van der Waals surface area contributed by atoms with Gasteiger partial charge in [-0.3, -0.25) is 0 Å². The number of halogens is 3. The number of rotatable bonds is 1. The van der Waals surface area contributed by atoms with E-state index in [1.165, 1.54) is 12.1 Å². The molecule has 82 valence electrons. The fourth-order valence-corrected chi connectivity index (χ4v) is 1.60. The molecule has 1 aliphatic rings. The largest absolute Gasteiger partial charge is 0.367 e. The van der Waals surface area contributed by atoms with Gasteiger partial charge in [-0.25, -0.2) is 8.78 Å². The molecule has 1 aliphatic heterocycles. The fraction of sp³-hybridized carbons (Fsp3) is 0.273. The second-order valence-corrected chi connectivity index (χ2v) is 3.33. The second-order valence-electron chi connectivity index (χ2n) is 3.33. The SMILES string of the molecule is Cl.Fc1cc(F)cc(N2CC=CCC2)c1. The Morgan fingerprint density at radius 1 is 1.00 bits per heavy atom. The van der Waals surface area contributed by atoms with Crippen LogP contribution in [0.25, 0.3) is 0 Å². The Kier molecular flexibility index (Phi) is 4.09. The van der Waals surface area contributed by atoms with Crippen LogP contribution < -0.4 is 4.90 Å². The molecule has 0 bridgehead atoms. The van der Waals surface area contributed by atoms with Gasteiger partial charge in [0.05, 0.1) is 0 Å². The molecule has 2 rings (SSSR count). The van der Waals surface area contributed by atoms with Crippen LogP contribution in [0, 0.1) is 11.6 Å². The van der Waals surface area contributed by atoms with Crippen LogP contribution in [-0.4, -0.2) is 13.1 Å². The third-order valence-corrected chi connectivity index (χ3v) is 2.27. The predicted octanol–water partition coefficient (Wildman–Crippen LogP) is 3.15. The van der Waals surface area contributed by atoms with Crippen molar-refractivity contribution in [3.05, 3.63) is 42.0 Å². The molecule has 1 nitrogen and oxygen atoms in total. The summed E-state index contributed by atoms with van der Waals surface area (Å²) in [7, 11) is 0. The summed E-state index contributed by atoms with van der Waals surface area (Å²) in [4.78, 5) is 1.95. The Bertz CT molecular complexity index is 345. The lowest BCUT2D eigenvalue weighted by molar-refractivity contribution is 0.582. The maximum atomic E-state index is 12.9. The molecule has 0 unspecified atom stereocenters. The first-order chi connectivity index (χ1) is 6.75. The number of nitrogens with zero attached hydrogens (tertiary/aromatic N) is 1. The average Bonchev–Trinajstić information content (AvgIpc) is 2.18. The van der Waals surface area contributed by atoms with Gasteiger partial charge in [0.2, 0.25) is 0 Å². The van der Waals surface area contributed by atoms with E-state index in [1.54, 1.807) is 0 Å². The maximum Gasteiger partial charge on any atom is 0.128 e. The van der Waals surface area contributed by atoms with Crippen LogP contribution in [0.5, 0.6) is 0 Å². The molecule has 0 radical (unpaired) electrons. The summed E-state index contributed by atoms with van der Waals surface area (Å²) in [5.41, 5.74) is 0.617. The minimum Gasteiger partial charge on any atom is -0.367 e.